The van der Waals surface area contributed by atoms with Crippen molar-refractivity contribution in [3.8, 4) is 0 Å². The summed E-state index contributed by atoms with van der Waals surface area (Å²) >= 11 is 0. The van der Waals surface area contributed by atoms with E-state index in [-0.39, 0.29) is 12.4 Å². The predicted molar refractivity (Wildman–Crippen MR) is 46.3 cm³/mol. The first-order valence-corrected chi connectivity index (χ1v) is 3.84. The Balaban J connectivity index is 2.63. The normalized spacial score (nSPS) is 10.8. The van der Waals surface area contributed by atoms with Crippen LogP contribution in [0.4, 0.5) is 4.39 Å². The van der Waals surface area contributed by atoms with Crippen LogP contribution in [0, 0.1) is 5.82 Å². The number of hydrogen-bond acceptors (Lipinski definition) is 1. The van der Waals surface area contributed by atoms with E-state index < -0.39 is 0 Å². The van der Waals surface area contributed by atoms with Crippen LogP contribution >= 0.6 is 0 Å². The monoisotopic (exact) mass is 166 g/mol. The van der Waals surface area contributed by atoms with Crippen LogP contribution in [0.5, 0.6) is 0 Å². The Bertz CT molecular complexity index is 268. The molecule has 0 fully saturated rings. The van der Waals surface area contributed by atoms with Gasteiger partial charge in [-0.25, -0.2) is 4.39 Å². The molecule has 1 aromatic rings. The molecule has 1 rings (SSSR count). The smallest absolute Gasteiger partial charge is 0.126 e. The van der Waals surface area contributed by atoms with Crippen molar-refractivity contribution >= 4 is 0 Å². The summed E-state index contributed by atoms with van der Waals surface area (Å²) < 4.78 is 12.9. The molecule has 64 valence electrons. The summed E-state index contributed by atoms with van der Waals surface area (Å²) in [5.74, 6) is -0.194. The third kappa shape index (κ3) is 2.47. The van der Waals surface area contributed by atoms with Crippen LogP contribution in [0.2, 0.25) is 0 Å². The van der Waals surface area contributed by atoms with Gasteiger partial charge in [0.15, 0.2) is 0 Å². The van der Waals surface area contributed by atoms with Crippen LogP contribution in [-0.4, -0.2) is 11.7 Å². The summed E-state index contributed by atoms with van der Waals surface area (Å²) in [6, 6.07) is 6.62. The van der Waals surface area contributed by atoms with Crippen molar-refractivity contribution < 1.29 is 9.50 Å². The third-order valence-electron chi connectivity index (χ3n) is 1.57. The minimum atomic E-state index is -0.194. The lowest BCUT2D eigenvalue weighted by molar-refractivity contribution is 0.342. The molecule has 1 nitrogen and oxygen atoms in total. The van der Waals surface area contributed by atoms with E-state index >= 15 is 0 Å². The van der Waals surface area contributed by atoms with Gasteiger partial charge < -0.3 is 5.11 Å². The fourth-order valence-electron chi connectivity index (χ4n) is 0.949. The minimum Gasteiger partial charge on any atom is -0.392 e. The van der Waals surface area contributed by atoms with E-state index in [2.05, 4.69) is 0 Å². The third-order valence-corrected chi connectivity index (χ3v) is 1.57. The number of aliphatic hydroxyl groups is 1. The highest BCUT2D eigenvalue weighted by atomic mass is 19.1. The molecule has 0 aromatic heterocycles. The first-order chi connectivity index (χ1) is 5.84. The maximum absolute atomic E-state index is 12.9. The van der Waals surface area contributed by atoms with Gasteiger partial charge in [0.1, 0.15) is 5.82 Å². The first-order valence-electron chi connectivity index (χ1n) is 3.84. The lowest BCUT2D eigenvalue weighted by atomic mass is 10.1. The molecule has 2 heteroatoms. The number of rotatable bonds is 3. The van der Waals surface area contributed by atoms with E-state index in [0.29, 0.717) is 12.0 Å². The molecule has 12 heavy (non-hydrogen) atoms. The summed E-state index contributed by atoms with van der Waals surface area (Å²) in [5.41, 5.74) is 0.655. The predicted octanol–water partition coefficient (Wildman–Crippen LogP) is 1.92. The van der Waals surface area contributed by atoms with Crippen molar-refractivity contribution in [2.24, 2.45) is 0 Å². The summed E-state index contributed by atoms with van der Waals surface area (Å²) in [5, 5.41) is 8.43. The molecular weight excluding hydrogens is 155 g/mol. The second-order valence-electron chi connectivity index (χ2n) is 2.45. The van der Waals surface area contributed by atoms with E-state index in [0.717, 1.165) is 0 Å². The van der Waals surface area contributed by atoms with Crippen molar-refractivity contribution in [2.45, 2.75) is 6.42 Å². The van der Waals surface area contributed by atoms with Gasteiger partial charge in [0.05, 0.1) is 6.61 Å². The molecule has 0 aliphatic carbocycles. The highest BCUT2D eigenvalue weighted by molar-refractivity contribution is 5.19. The van der Waals surface area contributed by atoms with Crippen molar-refractivity contribution in [1.82, 2.24) is 0 Å². The Morgan fingerprint density at radius 1 is 1.25 bits per heavy atom. The minimum absolute atomic E-state index is 0.00839. The molecule has 0 spiro atoms. The number of hydrogen-bond donors (Lipinski definition) is 1. The second kappa shape index (κ2) is 4.67. The topological polar surface area (TPSA) is 20.2 Å². The van der Waals surface area contributed by atoms with Gasteiger partial charge in [-0.1, -0.05) is 30.4 Å². The lowest BCUT2D eigenvalue weighted by Gasteiger charge is -1.96. The van der Waals surface area contributed by atoms with Gasteiger partial charge in [-0.15, -0.1) is 0 Å². The summed E-state index contributed by atoms with van der Waals surface area (Å²) in [6.45, 7) is 0.00839. The molecular formula is C10H11FO. The molecule has 0 amide bonds. The van der Waals surface area contributed by atoms with Crippen molar-refractivity contribution in [3.05, 3.63) is 47.8 Å². The van der Waals surface area contributed by atoms with E-state index in [9.17, 15) is 4.39 Å². The van der Waals surface area contributed by atoms with Gasteiger partial charge in [-0.3, -0.25) is 0 Å². The van der Waals surface area contributed by atoms with E-state index in [1.165, 1.54) is 6.07 Å². The van der Waals surface area contributed by atoms with Gasteiger partial charge in [0.25, 0.3) is 0 Å². The van der Waals surface area contributed by atoms with Crippen LogP contribution in [0.15, 0.2) is 36.4 Å². The van der Waals surface area contributed by atoms with Gasteiger partial charge in [-0.2, -0.15) is 0 Å². The van der Waals surface area contributed by atoms with Crippen LogP contribution < -0.4 is 0 Å². The highest BCUT2D eigenvalue weighted by Gasteiger charge is 1.95. The summed E-state index contributed by atoms with van der Waals surface area (Å²) in [4.78, 5) is 0. The van der Waals surface area contributed by atoms with Gasteiger partial charge in [0.2, 0.25) is 0 Å². The van der Waals surface area contributed by atoms with E-state index in [1.54, 1.807) is 30.4 Å². The zero-order valence-corrected chi connectivity index (χ0v) is 6.70. The van der Waals surface area contributed by atoms with Gasteiger partial charge in [-0.05, 0) is 18.1 Å². The molecule has 1 N–H and O–H groups in total. The molecule has 0 aliphatic heterocycles. The molecule has 0 bridgehead atoms. The zero-order valence-electron chi connectivity index (χ0n) is 6.70. The summed E-state index contributed by atoms with van der Waals surface area (Å²) in [7, 11) is 0. The average molecular weight is 166 g/mol. The Labute approximate surface area is 71.2 Å². The zero-order chi connectivity index (χ0) is 8.81. The number of allylic oxidation sites excluding steroid dienone is 1. The van der Waals surface area contributed by atoms with Crippen LogP contribution in [0.3, 0.4) is 0 Å². The first kappa shape index (κ1) is 8.94. The maximum atomic E-state index is 12.9. The van der Waals surface area contributed by atoms with Crippen molar-refractivity contribution in [1.29, 1.82) is 0 Å². The molecule has 1 aromatic carbocycles. The van der Waals surface area contributed by atoms with Crippen molar-refractivity contribution in [3.63, 3.8) is 0 Å². The fourth-order valence-corrected chi connectivity index (χ4v) is 0.949. The van der Waals surface area contributed by atoms with Crippen LogP contribution in [0.25, 0.3) is 0 Å². The lowest BCUT2D eigenvalue weighted by Crippen LogP contribution is -1.86. The molecule has 0 unspecified atom stereocenters. The Morgan fingerprint density at radius 2 is 2.00 bits per heavy atom. The maximum Gasteiger partial charge on any atom is 0.126 e. The van der Waals surface area contributed by atoms with Crippen LogP contribution in [-0.2, 0) is 6.42 Å². The molecule has 0 aliphatic rings. The van der Waals surface area contributed by atoms with E-state index in [1.807, 2.05) is 0 Å². The number of benzene rings is 1. The largest absolute Gasteiger partial charge is 0.392 e. The number of halogens is 1. The van der Waals surface area contributed by atoms with Gasteiger partial charge >= 0.3 is 0 Å². The summed E-state index contributed by atoms with van der Waals surface area (Å²) in [6.07, 6.45) is 3.89. The van der Waals surface area contributed by atoms with Crippen molar-refractivity contribution in [2.75, 3.05) is 6.61 Å². The molecule has 0 saturated carbocycles. The Morgan fingerprint density at radius 3 is 2.67 bits per heavy atom. The molecule has 0 heterocycles. The Hall–Kier alpha value is -1.15. The standard InChI is InChI=1S/C10H11FO/c11-10-7-2-1-5-9(10)6-3-4-8-12/h1-5,7,12H,6,8H2/b4-3+. The molecule has 0 radical (unpaired) electrons. The molecule has 0 atom stereocenters. The van der Waals surface area contributed by atoms with Crippen LogP contribution in [0.1, 0.15) is 5.56 Å². The second-order valence-corrected chi connectivity index (χ2v) is 2.45. The SMILES string of the molecule is OC/C=C/Cc1ccccc1F. The highest BCUT2D eigenvalue weighted by Crippen LogP contribution is 2.06. The quantitative estimate of drug-likeness (QED) is 0.680. The van der Waals surface area contributed by atoms with E-state index in [4.69, 9.17) is 5.11 Å². The average Bonchev–Trinajstić information content (AvgIpc) is 2.09. The van der Waals surface area contributed by atoms with Gasteiger partial charge in [0, 0.05) is 0 Å². The molecule has 0 saturated heterocycles. The number of aliphatic hydroxyl groups excluding tert-OH is 1. The fraction of sp³-hybridized carbons (Fsp3) is 0.200. The Kier molecular flexibility index (Phi) is 3.48.